The molecule has 88 valence electrons. The summed E-state index contributed by atoms with van der Waals surface area (Å²) in [5.74, 6) is 5.51. The summed E-state index contributed by atoms with van der Waals surface area (Å²) in [6, 6.07) is 0. The minimum absolute atomic E-state index is 1.22. The van der Waals surface area contributed by atoms with Crippen molar-refractivity contribution in [2.75, 3.05) is 0 Å². The summed E-state index contributed by atoms with van der Waals surface area (Å²) in [7, 11) is 0. The van der Waals surface area contributed by atoms with E-state index in [9.17, 15) is 0 Å². The van der Waals surface area contributed by atoms with E-state index in [-0.39, 0.29) is 0 Å². The Labute approximate surface area is 98.6 Å². The normalized spacial score (nSPS) is 26.8. The van der Waals surface area contributed by atoms with Gasteiger partial charge in [0.1, 0.15) is 0 Å². The van der Waals surface area contributed by atoms with Crippen molar-refractivity contribution in [3.8, 4) is 0 Å². The zero-order chi connectivity index (χ0) is 10.7. The van der Waals surface area contributed by atoms with Crippen LogP contribution in [0.4, 0.5) is 0 Å². The van der Waals surface area contributed by atoms with Gasteiger partial charge in [-0.1, -0.05) is 0 Å². The van der Waals surface area contributed by atoms with Crippen molar-refractivity contribution in [1.82, 2.24) is 0 Å². The van der Waals surface area contributed by atoms with E-state index in [1.807, 2.05) is 0 Å². The van der Waals surface area contributed by atoms with Crippen LogP contribution < -0.4 is 0 Å². The Morgan fingerprint density at radius 1 is 0.600 bits per heavy atom. The third-order valence-electron chi connectivity index (χ3n) is 5.31. The van der Waals surface area contributed by atoms with Gasteiger partial charge in [-0.05, 0) is 0 Å². The summed E-state index contributed by atoms with van der Waals surface area (Å²) in [5.41, 5.74) is 0. The van der Waals surface area contributed by atoms with Gasteiger partial charge in [-0.15, -0.1) is 0 Å². The van der Waals surface area contributed by atoms with Crippen molar-refractivity contribution >= 4 is 13.3 Å². The predicted octanol–water partition coefficient (Wildman–Crippen LogP) is 5.36. The fraction of sp³-hybridized carbons (Fsp3) is 1.00. The first-order valence-electron chi connectivity index (χ1n) is 7.21. The molecule has 0 nitrogen and oxygen atoms in total. The first-order valence-corrected chi connectivity index (χ1v) is 13.8. The fourth-order valence-electron chi connectivity index (χ4n) is 4.03. The van der Waals surface area contributed by atoms with Crippen molar-refractivity contribution in [3.05, 3.63) is 0 Å². The molecule has 0 N–H and O–H groups in total. The van der Waals surface area contributed by atoms with Crippen LogP contribution in [-0.4, -0.2) is 13.3 Å². The second-order valence-electron chi connectivity index (χ2n) is 6.49. The molecule has 2 rings (SSSR count). The quantitative estimate of drug-likeness (QED) is 0.591. The van der Waals surface area contributed by atoms with Crippen molar-refractivity contribution < 1.29 is 0 Å². The van der Waals surface area contributed by atoms with Gasteiger partial charge in [0, 0.05) is 0 Å². The van der Waals surface area contributed by atoms with E-state index in [4.69, 9.17) is 0 Å². The topological polar surface area (TPSA) is 0 Å². The van der Waals surface area contributed by atoms with Crippen LogP contribution in [0.2, 0.25) is 21.0 Å². The van der Waals surface area contributed by atoms with E-state index < -0.39 is 13.3 Å². The van der Waals surface area contributed by atoms with Gasteiger partial charge in [0.15, 0.2) is 0 Å². The summed E-state index contributed by atoms with van der Waals surface area (Å²) in [6.07, 6.45) is 15.6. The fourth-order valence-corrected chi connectivity index (χ4v) is 13.4. The molecule has 0 saturated heterocycles. The van der Waals surface area contributed by atoms with E-state index in [0.29, 0.717) is 0 Å². The Morgan fingerprint density at radius 2 is 0.933 bits per heavy atom. The van der Waals surface area contributed by atoms with E-state index in [0.717, 1.165) is 0 Å². The minimum atomic E-state index is -1.44. The van der Waals surface area contributed by atoms with Crippen molar-refractivity contribution in [2.45, 2.75) is 85.2 Å². The van der Waals surface area contributed by atoms with Crippen molar-refractivity contribution in [1.29, 1.82) is 0 Å². The first-order chi connectivity index (χ1) is 7.21. The zero-order valence-electron chi connectivity index (χ0n) is 10.7. The van der Waals surface area contributed by atoms with Crippen LogP contribution in [0.15, 0.2) is 0 Å². The van der Waals surface area contributed by atoms with Crippen LogP contribution in [0.3, 0.4) is 0 Å². The second-order valence-corrected chi connectivity index (χ2v) is 17.6. The average molecular weight is 269 g/mol. The van der Waals surface area contributed by atoms with E-state index in [1.165, 1.54) is 22.3 Å². The summed E-state index contributed by atoms with van der Waals surface area (Å²) in [5, 5.41) is 0. The number of rotatable bonds is 2. The Balaban J connectivity index is 1.96. The molecule has 0 unspecified atom stereocenters. The van der Waals surface area contributed by atoms with Crippen LogP contribution in [0.1, 0.15) is 64.2 Å². The molecule has 0 aliphatic heterocycles. The van der Waals surface area contributed by atoms with Gasteiger partial charge in [0.25, 0.3) is 0 Å². The third-order valence-corrected chi connectivity index (χ3v) is 16.6. The van der Waals surface area contributed by atoms with E-state index in [1.54, 1.807) is 51.4 Å². The molecule has 0 bridgehead atoms. The summed E-state index contributed by atoms with van der Waals surface area (Å²) in [4.78, 5) is 0. The molecule has 0 aromatic heterocycles. The van der Waals surface area contributed by atoms with Crippen molar-refractivity contribution in [3.63, 3.8) is 0 Å². The summed E-state index contributed by atoms with van der Waals surface area (Å²) >= 11 is -1.44. The molecular weight excluding hydrogens is 241 g/mol. The second kappa shape index (κ2) is 5.25. The zero-order valence-corrected chi connectivity index (χ0v) is 12.8. The summed E-state index contributed by atoms with van der Waals surface area (Å²) < 4.78 is 2.45. The van der Waals surface area contributed by atoms with Gasteiger partial charge in [0.2, 0.25) is 0 Å². The number of hydrogen-bond donors (Lipinski definition) is 0. The molecule has 2 aliphatic carbocycles. The molecule has 2 aliphatic rings. The van der Waals surface area contributed by atoms with Crippen LogP contribution in [0.25, 0.3) is 0 Å². The molecule has 0 radical (unpaired) electrons. The van der Waals surface area contributed by atoms with Gasteiger partial charge in [-0.3, -0.25) is 0 Å². The van der Waals surface area contributed by atoms with Crippen LogP contribution >= 0.6 is 0 Å². The molecule has 0 aromatic carbocycles. The molecular formula is C14H28Ge. The molecule has 0 heterocycles. The van der Waals surface area contributed by atoms with Gasteiger partial charge in [0.05, 0.1) is 0 Å². The van der Waals surface area contributed by atoms with Gasteiger partial charge < -0.3 is 0 Å². The molecule has 2 fully saturated rings. The van der Waals surface area contributed by atoms with Gasteiger partial charge >= 0.3 is 98.5 Å². The monoisotopic (exact) mass is 270 g/mol. The molecule has 0 atom stereocenters. The van der Waals surface area contributed by atoms with Crippen LogP contribution in [0.5, 0.6) is 0 Å². The Bertz CT molecular complexity index is 166. The molecule has 0 aromatic rings. The SMILES string of the molecule is [CH3][Ge]([CH3])([CH]1CCCCC1)[CH]1CCCCC1. The maximum atomic E-state index is 2.76. The van der Waals surface area contributed by atoms with Gasteiger partial charge in [-0.2, -0.15) is 0 Å². The molecule has 2 saturated carbocycles. The summed E-state index contributed by atoms with van der Waals surface area (Å²) in [6.45, 7) is 0. The third kappa shape index (κ3) is 2.81. The predicted molar refractivity (Wildman–Crippen MR) is 71.2 cm³/mol. The van der Waals surface area contributed by atoms with E-state index in [2.05, 4.69) is 11.5 Å². The van der Waals surface area contributed by atoms with E-state index >= 15 is 0 Å². The standard InChI is InChI=1S/C14H28Ge/c1-15(2,13-9-5-3-6-10-13)14-11-7-4-8-12-14/h13-14H,3-12H2,1-2H3. The van der Waals surface area contributed by atoms with Crippen LogP contribution in [-0.2, 0) is 0 Å². The molecule has 0 amide bonds. The number of hydrogen-bond acceptors (Lipinski definition) is 0. The Morgan fingerprint density at radius 3 is 1.27 bits per heavy atom. The maximum absolute atomic E-state index is 2.76. The average Bonchev–Trinajstić information content (AvgIpc) is 2.31. The molecule has 15 heavy (non-hydrogen) atoms. The first kappa shape index (κ1) is 12.0. The van der Waals surface area contributed by atoms with Crippen molar-refractivity contribution in [2.24, 2.45) is 0 Å². The Kier molecular flexibility index (Phi) is 4.20. The molecule has 1 heteroatoms. The Hall–Kier alpha value is 0.543. The van der Waals surface area contributed by atoms with Gasteiger partial charge in [-0.25, -0.2) is 0 Å². The molecule has 0 spiro atoms. The van der Waals surface area contributed by atoms with Crippen LogP contribution in [0, 0.1) is 0 Å².